The number of benzene rings is 1. The predicted octanol–water partition coefficient (Wildman–Crippen LogP) is 3.86. The lowest BCUT2D eigenvalue weighted by atomic mass is 10.0. The second-order valence-electron chi connectivity index (χ2n) is 5.66. The second-order valence-corrected chi connectivity index (χ2v) is 6.64. The summed E-state index contributed by atoms with van der Waals surface area (Å²) in [5.41, 5.74) is 2.34. The third-order valence-electron chi connectivity index (χ3n) is 3.76. The lowest BCUT2D eigenvalue weighted by Gasteiger charge is -2.18. The lowest BCUT2D eigenvalue weighted by Crippen LogP contribution is -2.39. The Kier molecular flexibility index (Phi) is 4.25. The van der Waals surface area contributed by atoms with E-state index >= 15 is 0 Å². The van der Waals surface area contributed by atoms with Crippen molar-refractivity contribution < 1.29 is 4.79 Å². The van der Waals surface area contributed by atoms with Gasteiger partial charge in [-0.3, -0.25) is 0 Å². The third-order valence-corrected chi connectivity index (χ3v) is 4.70. The molecule has 2 amide bonds. The zero-order valence-electron chi connectivity index (χ0n) is 12.1. The van der Waals surface area contributed by atoms with Crippen LogP contribution in [0.2, 0.25) is 0 Å². The Bertz CT molecular complexity index is 588. The average Bonchev–Trinajstić information content (AvgIpc) is 3.16. The van der Waals surface area contributed by atoms with Crippen LogP contribution >= 0.6 is 11.3 Å². The third kappa shape index (κ3) is 3.85. The molecule has 3 nitrogen and oxygen atoms in total. The molecule has 0 spiro atoms. The number of nitrogens with one attached hydrogen (secondary N) is 2. The number of thiophene rings is 1. The number of hydrogen-bond donors (Lipinski definition) is 2. The van der Waals surface area contributed by atoms with Gasteiger partial charge in [0.1, 0.15) is 0 Å². The summed E-state index contributed by atoms with van der Waals surface area (Å²) in [4.78, 5) is 13.3. The lowest BCUT2D eigenvalue weighted by molar-refractivity contribution is 0.238. The van der Waals surface area contributed by atoms with Crippen LogP contribution in [0.15, 0.2) is 41.8 Å². The van der Waals surface area contributed by atoms with Gasteiger partial charge in [0.25, 0.3) is 0 Å². The highest BCUT2D eigenvalue weighted by molar-refractivity contribution is 7.10. The van der Waals surface area contributed by atoms with Crippen molar-refractivity contribution in [2.75, 3.05) is 6.54 Å². The van der Waals surface area contributed by atoms with Gasteiger partial charge in [-0.1, -0.05) is 35.9 Å². The van der Waals surface area contributed by atoms with Gasteiger partial charge in [0.05, 0.1) is 6.04 Å². The number of aryl methyl sites for hydroxylation is 1. The summed E-state index contributed by atoms with van der Waals surface area (Å²) < 4.78 is 0. The Hall–Kier alpha value is -1.81. The van der Waals surface area contributed by atoms with Crippen molar-refractivity contribution in [1.29, 1.82) is 0 Å². The monoisotopic (exact) mass is 300 g/mol. The zero-order valence-corrected chi connectivity index (χ0v) is 13.0. The highest BCUT2D eigenvalue weighted by atomic mass is 32.1. The summed E-state index contributed by atoms with van der Waals surface area (Å²) in [5, 5.41) is 8.11. The van der Waals surface area contributed by atoms with Crippen molar-refractivity contribution >= 4 is 17.4 Å². The molecule has 1 aromatic heterocycles. The first kappa shape index (κ1) is 14.1. The number of amides is 2. The number of rotatable bonds is 5. The average molecular weight is 300 g/mol. The first-order chi connectivity index (χ1) is 10.2. The van der Waals surface area contributed by atoms with Crippen LogP contribution in [-0.2, 0) is 0 Å². The molecule has 2 aromatic rings. The quantitative estimate of drug-likeness (QED) is 0.865. The largest absolute Gasteiger partial charge is 0.338 e. The normalized spacial score (nSPS) is 15.5. The first-order valence-electron chi connectivity index (χ1n) is 7.36. The molecule has 4 heteroatoms. The molecule has 0 radical (unpaired) electrons. The molecule has 1 aliphatic rings. The summed E-state index contributed by atoms with van der Waals surface area (Å²) in [6, 6.07) is 12.3. The molecule has 0 bridgehead atoms. The summed E-state index contributed by atoms with van der Waals surface area (Å²) in [6.07, 6.45) is 2.49. The number of hydrogen-bond acceptors (Lipinski definition) is 2. The van der Waals surface area contributed by atoms with Crippen LogP contribution in [0.3, 0.4) is 0 Å². The van der Waals surface area contributed by atoms with Crippen molar-refractivity contribution in [2.24, 2.45) is 5.92 Å². The van der Waals surface area contributed by atoms with Gasteiger partial charge >= 0.3 is 6.03 Å². The van der Waals surface area contributed by atoms with Gasteiger partial charge in [-0.25, -0.2) is 4.79 Å². The molecule has 1 heterocycles. The minimum absolute atomic E-state index is 0.0789. The Labute approximate surface area is 129 Å². The molecular formula is C17H20N2OS. The van der Waals surface area contributed by atoms with Crippen molar-refractivity contribution in [3.05, 3.63) is 57.8 Å². The van der Waals surface area contributed by atoms with E-state index in [9.17, 15) is 4.79 Å². The minimum Gasteiger partial charge on any atom is -0.338 e. The molecule has 1 fully saturated rings. The summed E-state index contributed by atoms with van der Waals surface area (Å²) >= 11 is 1.67. The van der Waals surface area contributed by atoms with Gasteiger partial charge < -0.3 is 10.6 Å². The molecule has 2 N–H and O–H groups in total. The van der Waals surface area contributed by atoms with E-state index in [0.29, 0.717) is 5.92 Å². The van der Waals surface area contributed by atoms with E-state index < -0.39 is 0 Å². The van der Waals surface area contributed by atoms with Crippen LogP contribution in [0.1, 0.15) is 34.9 Å². The molecular weight excluding hydrogens is 280 g/mol. The summed E-state index contributed by atoms with van der Waals surface area (Å²) in [5.74, 6) is 0.690. The highest BCUT2D eigenvalue weighted by Gasteiger charge is 2.23. The fraction of sp³-hybridized carbons (Fsp3) is 0.353. The van der Waals surface area contributed by atoms with Crippen molar-refractivity contribution in [3.8, 4) is 0 Å². The maximum absolute atomic E-state index is 12.1. The number of carbonyl (C=O) groups is 1. The topological polar surface area (TPSA) is 41.1 Å². The van der Waals surface area contributed by atoms with E-state index in [0.717, 1.165) is 17.0 Å². The van der Waals surface area contributed by atoms with Crippen LogP contribution in [0.5, 0.6) is 0 Å². The standard InChI is InChI=1S/C17H20N2OS/c1-12-4-8-14(9-5-12)16(15-3-2-10-21-15)19-17(20)18-11-13-6-7-13/h2-5,8-10,13,16H,6-7,11H2,1H3,(H2,18,19,20)/t16-/m0/s1. The number of carbonyl (C=O) groups excluding carboxylic acids is 1. The summed E-state index contributed by atoms with van der Waals surface area (Å²) in [7, 11) is 0. The van der Waals surface area contributed by atoms with Crippen molar-refractivity contribution in [2.45, 2.75) is 25.8 Å². The Morgan fingerprint density at radius 3 is 2.67 bits per heavy atom. The van der Waals surface area contributed by atoms with E-state index in [2.05, 4.69) is 47.9 Å². The molecule has 0 unspecified atom stereocenters. The van der Waals surface area contributed by atoms with Crippen LogP contribution in [-0.4, -0.2) is 12.6 Å². The van der Waals surface area contributed by atoms with E-state index in [1.54, 1.807) is 11.3 Å². The van der Waals surface area contributed by atoms with Crippen LogP contribution < -0.4 is 10.6 Å². The minimum atomic E-state index is -0.0825. The van der Waals surface area contributed by atoms with Gasteiger partial charge in [0.2, 0.25) is 0 Å². The molecule has 1 aliphatic carbocycles. The maximum atomic E-state index is 12.1. The Morgan fingerprint density at radius 1 is 1.29 bits per heavy atom. The smallest absolute Gasteiger partial charge is 0.315 e. The van der Waals surface area contributed by atoms with Crippen LogP contribution in [0, 0.1) is 12.8 Å². The van der Waals surface area contributed by atoms with Crippen molar-refractivity contribution in [3.63, 3.8) is 0 Å². The molecule has 0 saturated heterocycles. The molecule has 1 saturated carbocycles. The fourth-order valence-corrected chi connectivity index (χ4v) is 3.08. The molecule has 1 atom stereocenters. The second kappa shape index (κ2) is 6.31. The van der Waals surface area contributed by atoms with Crippen LogP contribution in [0.25, 0.3) is 0 Å². The Morgan fingerprint density at radius 2 is 2.05 bits per heavy atom. The van der Waals surface area contributed by atoms with E-state index in [-0.39, 0.29) is 12.1 Å². The van der Waals surface area contributed by atoms with Gasteiger partial charge in [0.15, 0.2) is 0 Å². The maximum Gasteiger partial charge on any atom is 0.315 e. The fourth-order valence-electron chi connectivity index (χ4n) is 2.27. The highest BCUT2D eigenvalue weighted by Crippen LogP contribution is 2.28. The van der Waals surface area contributed by atoms with E-state index in [1.807, 2.05) is 11.4 Å². The predicted molar refractivity (Wildman–Crippen MR) is 86.6 cm³/mol. The van der Waals surface area contributed by atoms with Crippen molar-refractivity contribution in [1.82, 2.24) is 10.6 Å². The molecule has 110 valence electrons. The molecule has 0 aliphatic heterocycles. The Balaban J connectivity index is 1.72. The molecule has 21 heavy (non-hydrogen) atoms. The van der Waals surface area contributed by atoms with E-state index in [1.165, 1.54) is 18.4 Å². The first-order valence-corrected chi connectivity index (χ1v) is 8.24. The summed E-state index contributed by atoms with van der Waals surface area (Å²) in [6.45, 7) is 2.86. The van der Waals surface area contributed by atoms with Gasteiger partial charge in [-0.2, -0.15) is 0 Å². The van der Waals surface area contributed by atoms with E-state index in [4.69, 9.17) is 0 Å². The van der Waals surface area contributed by atoms with Gasteiger partial charge in [-0.15, -0.1) is 11.3 Å². The zero-order chi connectivity index (χ0) is 14.7. The van der Waals surface area contributed by atoms with Gasteiger partial charge in [-0.05, 0) is 42.7 Å². The number of urea groups is 1. The molecule has 1 aromatic carbocycles. The molecule has 3 rings (SSSR count). The van der Waals surface area contributed by atoms with Crippen LogP contribution in [0.4, 0.5) is 4.79 Å². The van der Waals surface area contributed by atoms with Gasteiger partial charge in [0, 0.05) is 11.4 Å². The SMILES string of the molecule is Cc1ccc([C@H](NC(=O)NCC2CC2)c2cccs2)cc1.